The van der Waals surface area contributed by atoms with E-state index in [9.17, 15) is 0 Å². The zero-order valence-electron chi connectivity index (χ0n) is 12.7. The summed E-state index contributed by atoms with van der Waals surface area (Å²) in [6.45, 7) is 13.5. The molecule has 4 nitrogen and oxygen atoms in total. The van der Waals surface area contributed by atoms with E-state index in [2.05, 4.69) is 38.8 Å². The van der Waals surface area contributed by atoms with E-state index in [0.29, 0.717) is 13.2 Å². The van der Waals surface area contributed by atoms with Crippen molar-refractivity contribution in [1.82, 2.24) is 4.98 Å². The summed E-state index contributed by atoms with van der Waals surface area (Å²) in [5.74, 6) is 0.857. The number of ether oxygens (including phenoxy) is 1. The minimum absolute atomic E-state index is 0.203. The minimum Gasteiger partial charge on any atom is -0.519 e. The highest BCUT2D eigenvalue weighted by molar-refractivity contribution is 6.65. The summed E-state index contributed by atoms with van der Waals surface area (Å²) in [6, 6.07) is 0. The monoisotopic (exact) mass is 281 g/mol. The summed E-state index contributed by atoms with van der Waals surface area (Å²) in [5, 5.41) is 0. The molecule has 0 spiro atoms. The maximum Gasteiger partial charge on any atom is 0.392 e. The first-order valence-corrected chi connectivity index (χ1v) is 9.44. The molecule has 1 aliphatic heterocycles. The molecule has 0 saturated carbocycles. The van der Waals surface area contributed by atoms with Gasteiger partial charge >= 0.3 is 8.56 Å². The zero-order valence-corrected chi connectivity index (χ0v) is 13.7. The van der Waals surface area contributed by atoms with Crippen molar-refractivity contribution in [3.8, 4) is 5.75 Å². The fourth-order valence-electron chi connectivity index (χ4n) is 2.36. The van der Waals surface area contributed by atoms with Gasteiger partial charge in [-0.15, -0.1) is 0 Å². The maximum absolute atomic E-state index is 6.23. The highest BCUT2D eigenvalue weighted by atomic mass is 28.4. The summed E-state index contributed by atoms with van der Waals surface area (Å²) in [5.41, 5.74) is 2.96. The SMILES string of the molecule is Cc1ncc2c(c1O[Si](C)(C)OC(C)(C)C)COC2. The van der Waals surface area contributed by atoms with E-state index in [1.165, 1.54) is 0 Å². The quantitative estimate of drug-likeness (QED) is 0.797. The molecule has 0 radical (unpaired) electrons. The molecular formula is C14H23NO3Si. The number of pyridine rings is 1. The Labute approximate surface area is 116 Å². The van der Waals surface area contributed by atoms with Gasteiger partial charge in [-0.25, -0.2) is 0 Å². The van der Waals surface area contributed by atoms with Gasteiger partial charge in [-0.1, -0.05) is 0 Å². The third kappa shape index (κ3) is 3.55. The highest BCUT2D eigenvalue weighted by Gasteiger charge is 2.34. The number of aryl methyl sites for hydroxylation is 1. The fourth-order valence-corrected chi connectivity index (χ4v) is 4.64. The number of fused-ring (bicyclic) bond motifs is 1. The van der Waals surface area contributed by atoms with Crippen LogP contribution in [0.15, 0.2) is 6.20 Å². The molecule has 0 unspecified atom stereocenters. The number of rotatable bonds is 3. The molecule has 0 aliphatic carbocycles. The Morgan fingerprint density at radius 2 is 1.95 bits per heavy atom. The smallest absolute Gasteiger partial charge is 0.392 e. The Bertz CT molecular complexity index is 480. The average Bonchev–Trinajstić information content (AvgIpc) is 2.66. The van der Waals surface area contributed by atoms with Crippen molar-refractivity contribution < 1.29 is 13.6 Å². The van der Waals surface area contributed by atoms with Crippen LogP contribution in [0.3, 0.4) is 0 Å². The summed E-state index contributed by atoms with van der Waals surface area (Å²) in [7, 11) is -2.25. The van der Waals surface area contributed by atoms with Crippen LogP contribution in [0, 0.1) is 6.92 Å². The van der Waals surface area contributed by atoms with E-state index in [-0.39, 0.29) is 5.60 Å². The van der Waals surface area contributed by atoms with Crippen LogP contribution in [-0.4, -0.2) is 19.1 Å². The molecule has 1 aromatic heterocycles. The van der Waals surface area contributed by atoms with Crippen LogP contribution in [0.2, 0.25) is 13.1 Å². The predicted molar refractivity (Wildman–Crippen MR) is 76.4 cm³/mol. The van der Waals surface area contributed by atoms with Crippen LogP contribution in [-0.2, 0) is 22.4 Å². The van der Waals surface area contributed by atoms with E-state index >= 15 is 0 Å². The predicted octanol–water partition coefficient (Wildman–Crippen LogP) is 3.32. The van der Waals surface area contributed by atoms with Gasteiger partial charge in [0.1, 0.15) is 5.75 Å². The van der Waals surface area contributed by atoms with Gasteiger partial charge in [-0.2, -0.15) is 0 Å². The summed E-state index contributed by atoms with van der Waals surface area (Å²) in [4.78, 5) is 4.39. The topological polar surface area (TPSA) is 40.6 Å². The van der Waals surface area contributed by atoms with Gasteiger partial charge in [0, 0.05) is 17.3 Å². The lowest BCUT2D eigenvalue weighted by atomic mass is 10.1. The van der Waals surface area contributed by atoms with E-state index in [0.717, 1.165) is 22.6 Å². The third-order valence-electron chi connectivity index (χ3n) is 2.81. The largest absolute Gasteiger partial charge is 0.519 e. The van der Waals surface area contributed by atoms with Crippen LogP contribution in [0.1, 0.15) is 37.6 Å². The first-order valence-electron chi connectivity index (χ1n) is 6.62. The number of hydrogen-bond acceptors (Lipinski definition) is 4. The standard InChI is InChI=1S/C14H23NO3Si/c1-10-13(12-9-16-8-11(12)7-15-10)17-19(5,6)18-14(2,3)4/h7H,8-9H2,1-6H3. The van der Waals surface area contributed by atoms with E-state index in [1.54, 1.807) is 0 Å². The molecule has 106 valence electrons. The molecule has 0 N–H and O–H groups in total. The van der Waals surface area contributed by atoms with E-state index < -0.39 is 8.56 Å². The minimum atomic E-state index is -2.25. The van der Waals surface area contributed by atoms with Crippen molar-refractivity contribution in [2.75, 3.05) is 0 Å². The van der Waals surface area contributed by atoms with Crippen LogP contribution in [0.5, 0.6) is 5.75 Å². The van der Waals surface area contributed by atoms with Gasteiger partial charge < -0.3 is 13.6 Å². The molecule has 0 atom stereocenters. The molecule has 19 heavy (non-hydrogen) atoms. The molecule has 2 rings (SSSR count). The van der Waals surface area contributed by atoms with Crippen molar-refractivity contribution in [3.05, 3.63) is 23.0 Å². The molecule has 2 heterocycles. The number of nitrogens with zero attached hydrogens (tertiary/aromatic N) is 1. The van der Waals surface area contributed by atoms with Crippen molar-refractivity contribution in [2.45, 2.75) is 59.6 Å². The Balaban J connectivity index is 2.26. The molecule has 5 heteroatoms. The second kappa shape index (κ2) is 4.88. The molecule has 0 amide bonds. The van der Waals surface area contributed by atoms with Crippen LogP contribution >= 0.6 is 0 Å². The van der Waals surface area contributed by atoms with Gasteiger partial charge in [0.05, 0.1) is 24.5 Å². The molecule has 0 bridgehead atoms. The second-order valence-electron chi connectivity index (χ2n) is 6.39. The highest BCUT2D eigenvalue weighted by Crippen LogP contribution is 2.33. The van der Waals surface area contributed by atoms with E-state index in [1.807, 2.05) is 13.1 Å². The van der Waals surface area contributed by atoms with Crippen molar-refractivity contribution in [1.29, 1.82) is 0 Å². The lowest BCUT2D eigenvalue weighted by molar-refractivity contribution is 0.0929. The Morgan fingerprint density at radius 1 is 1.26 bits per heavy atom. The lowest BCUT2D eigenvalue weighted by Crippen LogP contribution is -2.45. The Morgan fingerprint density at radius 3 is 2.58 bits per heavy atom. The lowest BCUT2D eigenvalue weighted by Gasteiger charge is -2.32. The maximum atomic E-state index is 6.23. The van der Waals surface area contributed by atoms with Crippen LogP contribution in [0.4, 0.5) is 0 Å². The van der Waals surface area contributed by atoms with Crippen molar-refractivity contribution in [3.63, 3.8) is 0 Å². The van der Waals surface area contributed by atoms with Crippen LogP contribution < -0.4 is 4.43 Å². The van der Waals surface area contributed by atoms with Gasteiger partial charge in [-0.05, 0) is 40.8 Å². The van der Waals surface area contributed by atoms with E-state index in [4.69, 9.17) is 13.6 Å². The average molecular weight is 281 g/mol. The van der Waals surface area contributed by atoms with Gasteiger partial charge in [0.2, 0.25) is 0 Å². The third-order valence-corrected chi connectivity index (χ3v) is 4.61. The Hall–Kier alpha value is -0.913. The molecule has 1 aliphatic rings. The number of hydrogen-bond donors (Lipinski definition) is 0. The van der Waals surface area contributed by atoms with Crippen molar-refractivity contribution in [2.24, 2.45) is 0 Å². The fraction of sp³-hybridized carbons (Fsp3) is 0.643. The van der Waals surface area contributed by atoms with Crippen LogP contribution in [0.25, 0.3) is 0 Å². The van der Waals surface area contributed by atoms with Gasteiger partial charge in [-0.3, -0.25) is 4.98 Å². The van der Waals surface area contributed by atoms with Gasteiger partial charge in [0.15, 0.2) is 0 Å². The molecule has 0 fully saturated rings. The second-order valence-corrected chi connectivity index (χ2v) is 9.59. The normalized spacial score (nSPS) is 15.5. The summed E-state index contributed by atoms with van der Waals surface area (Å²) in [6.07, 6.45) is 1.88. The molecule has 0 aromatic carbocycles. The number of aromatic nitrogens is 1. The molecular weight excluding hydrogens is 258 g/mol. The summed E-state index contributed by atoms with van der Waals surface area (Å²) >= 11 is 0. The first-order chi connectivity index (χ1) is 8.68. The zero-order chi connectivity index (χ0) is 14.3. The van der Waals surface area contributed by atoms with Gasteiger partial charge in [0.25, 0.3) is 0 Å². The first kappa shape index (κ1) is 14.5. The summed E-state index contributed by atoms with van der Waals surface area (Å²) < 4.78 is 17.8. The Kier molecular flexibility index (Phi) is 3.73. The molecule has 0 saturated heterocycles. The van der Waals surface area contributed by atoms with Crippen molar-refractivity contribution >= 4 is 8.56 Å². The molecule has 1 aromatic rings.